The minimum absolute atomic E-state index is 0.00433. The molecule has 3 N–H and O–H groups in total. The van der Waals surface area contributed by atoms with Crippen LogP contribution in [0.1, 0.15) is 335 Å². The molecule has 0 heterocycles. The Morgan fingerprint density at radius 3 is 1.03 bits per heavy atom. The minimum atomic E-state index is -0.853. The maximum atomic E-state index is 12.5. The average Bonchev–Trinajstić information content (AvgIpc) is 3.32. The molecule has 0 bridgehead atoms. The molecule has 0 radical (unpaired) electrons. The number of unbranched alkanes of at least 4 members (excludes halogenated alkanes) is 45. The Hall–Kier alpha value is -1.40. The lowest BCUT2D eigenvalue weighted by molar-refractivity contribution is -0.143. The maximum Gasteiger partial charge on any atom is 0.305 e. The molecule has 2 unspecified atom stereocenters. The zero-order chi connectivity index (χ0) is 47.9. The molecule has 0 fully saturated rings. The van der Waals surface area contributed by atoms with Crippen molar-refractivity contribution in [2.24, 2.45) is 0 Å². The van der Waals surface area contributed by atoms with Crippen LogP contribution < -0.4 is 5.32 Å². The third-order valence-electron chi connectivity index (χ3n) is 14.1. The number of ether oxygens (including phenoxy) is 1. The summed E-state index contributed by atoms with van der Waals surface area (Å²) in [7, 11) is 0. The van der Waals surface area contributed by atoms with E-state index in [4.69, 9.17) is 4.74 Å². The third-order valence-corrected chi connectivity index (χ3v) is 14.1. The van der Waals surface area contributed by atoms with E-state index in [0.717, 1.165) is 57.8 Å². The Labute approximate surface area is 412 Å². The first-order chi connectivity index (χ1) is 32.5. The van der Waals surface area contributed by atoms with Crippen molar-refractivity contribution in [3.05, 3.63) is 12.2 Å². The van der Waals surface area contributed by atoms with Crippen molar-refractivity contribution in [1.29, 1.82) is 0 Å². The van der Waals surface area contributed by atoms with Crippen molar-refractivity contribution < 1.29 is 24.5 Å². The third kappa shape index (κ3) is 52.0. The van der Waals surface area contributed by atoms with E-state index in [1.54, 1.807) is 6.08 Å². The molecule has 392 valence electrons. The van der Waals surface area contributed by atoms with Gasteiger partial charge >= 0.3 is 5.97 Å². The molecule has 0 aromatic heterocycles. The Balaban J connectivity index is 3.47. The van der Waals surface area contributed by atoms with E-state index in [2.05, 4.69) is 19.2 Å². The summed E-state index contributed by atoms with van der Waals surface area (Å²) >= 11 is 0. The lowest BCUT2D eigenvalue weighted by Crippen LogP contribution is -2.45. The van der Waals surface area contributed by atoms with Crippen LogP contribution in [0.5, 0.6) is 0 Å². The zero-order valence-corrected chi connectivity index (χ0v) is 44.7. The molecule has 0 saturated heterocycles. The first-order valence-corrected chi connectivity index (χ1v) is 30.0. The molecule has 1 amide bonds. The molecular formula is C60H117NO5. The summed E-state index contributed by atoms with van der Waals surface area (Å²) in [4.78, 5) is 24.5. The lowest BCUT2D eigenvalue weighted by atomic mass is 10.0. The van der Waals surface area contributed by atoms with Gasteiger partial charge in [0.25, 0.3) is 0 Å². The predicted molar refractivity (Wildman–Crippen MR) is 287 cm³/mol. The summed E-state index contributed by atoms with van der Waals surface area (Å²) in [6, 6.07) is -0.637. The molecule has 0 aliphatic rings. The van der Waals surface area contributed by atoms with Gasteiger partial charge in [-0.15, -0.1) is 0 Å². The molecule has 0 rings (SSSR count). The quantitative estimate of drug-likeness (QED) is 0.0321. The van der Waals surface area contributed by atoms with Crippen molar-refractivity contribution in [1.82, 2.24) is 5.32 Å². The Kier molecular flexibility index (Phi) is 55.0. The highest BCUT2D eigenvalue weighted by Crippen LogP contribution is 2.18. The van der Waals surface area contributed by atoms with Gasteiger partial charge in [0.15, 0.2) is 0 Å². The van der Waals surface area contributed by atoms with Crippen molar-refractivity contribution in [2.45, 2.75) is 347 Å². The van der Waals surface area contributed by atoms with Gasteiger partial charge in [0.2, 0.25) is 5.91 Å². The monoisotopic (exact) mass is 932 g/mol. The van der Waals surface area contributed by atoms with E-state index >= 15 is 0 Å². The largest absolute Gasteiger partial charge is 0.466 e. The van der Waals surface area contributed by atoms with E-state index in [1.807, 2.05) is 6.08 Å². The van der Waals surface area contributed by atoms with Crippen LogP contribution in [0.25, 0.3) is 0 Å². The number of aliphatic hydroxyl groups is 2. The molecule has 6 heteroatoms. The van der Waals surface area contributed by atoms with Crippen LogP contribution in [0.3, 0.4) is 0 Å². The number of allylic oxidation sites excluding steroid dienone is 1. The minimum Gasteiger partial charge on any atom is -0.466 e. The van der Waals surface area contributed by atoms with E-state index in [9.17, 15) is 19.8 Å². The summed E-state index contributed by atoms with van der Waals surface area (Å²) in [5.41, 5.74) is 0. The van der Waals surface area contributed by atoms with Gasteiger partial charge in [-0.05, 0) is 32.1 Å². The molecule has 66 heavy (non-hydrogen) atoms. The van der Waals surface area contributed by atoms with Gasteiger partial charge in [0.05, 0.1) is 25.4 Å². The zero-order valence-electron chi connectivity index (χ0n) is 44.7. The molecule has 0 aliphatic heterocycles. The van der Waals surface area contributed by atoms with Crippen molar-refractivity contribution in [3.8, 4) is 0 Å². The van der Waals surface area contributed by atoms with Crippen LogP contribution in [-0.4, -0.2) is 47.4 Å². The molecule has 0 aromatic rings. The summed E-state index contributed by atoms with van der Waals surface area (Å²) in [5, 5.41) is 23.2. The number of nitrogens with one attached hydrogen (secondary N) is 1. The summed E-state index contributed by atoms with van der Waals surface area (Å²) in [5.74, 6) is -0.0811. The molecule has 0 aromatic carbocycles. The second-order valence-corrected chi connectivity index (χ2v) is 20.7. The van der Waals surface area contributed by atoms with Gasteiger partial charge in [-0.1, -0.05) is 302 Å². The number of rotatable bonds is 56. The van der Waals surface area contributed by atoms with E-state index in [1.165, 1.54) is 250 Å². The van der Waals surface area contributed by atoms with Gasteiger partial charge < -0.3 is 20.3 Å². The van der Waals surface area contributed by atoms with Crippen LogP contribution in [-0.2, 0) is 14.3 Å². The number of amides is 1. The van der Waals surface area contributed by atoms with Gasteiger partial charge in [0, 0.05) is 12.8 Å². The number of esters is 1. The van der Waals surface area contributed by atoms with Crippen molar-refractivity contribution in [2.75, 3.05) is 13.2 Å². The number of carbonyl (C=O) groups is 2. The Morgan fingerprint density at radius 1 is 0.409 bits per heavy atom. The highest BCUT2D eigenvalue weighted by Gasteiger charge is 2.18. The summed E-state index contributed by atoms with van der Waals surface area (Å²) in [6.07, 6.45) is 66.6. The Bertz CT molecular complexity index is 986. The Morgan fingerprint density at radius 2 is 0.697 bits per heavy atom. The van der Waals surface area contributed by atoms with Crippen LogP contribution in [0.2, 0.25) is 0 Å². The summed E-state index contributed by atoms with van der Waals surface area (Å²) < 4.78 is 5.47. The fraction of sp³-hybridized carbons (Fsp3) is 0.933. The van der Waals surface area contributed by atoms with Crippen LogP contribution >= 0.6 is 0 Å². The molecule has 2 atom stereocenters. The van der Waals surface area contributed by atoms with Crippen LogP contribution in [0.15, 0.2) is 12.2 Å². The van der Waals surface area contributed by atoms with Gasteiger partial charge in [-0.2, -0.15) is 0 Å². The fourth-order valence-corrected chi connectivity index (χ4v) is 9.46. The predicted octanol–water partition coefficient (Wildman–Crippen LogP) is 18.5. The number of hydrogen-bond acceptors (Lipinski definition) is 5. The van der Waals surface area contributed by atoms with Gasteiger partial charge in [-0.3, -0.25) is 9.59 Å². The van der Waals surface area contributed by atoms with Crippen molar-refractivity contribution in [3.63, 3.8) is 0 Å². The number of carbonyl (C=O) groups excluding carboxylic acids is 2. The topological polar surface area (TPSA) is 95.9 Å². The van der Waals surface area contributed by atoms with Gasteiger partial charge in [0.1, 0.15) is 0 Å². The molecule has 6 nitrogen and oxygen atoms in total. The smallest absolute Gasteiger partial charge is 0.305 e. The lowest BCUT2D eigenvalue weighted by Gasteiger charge is -2.20. The average molecular weight is 933 g/mol. The van der Waals surface area contributed by atoms with E-state index < -0.39 is 12.1 Å². The highest BCUT2D eigenvalue weighted by atomic mass is 16.5. The van der Waals surface area contributed by atoms with Gasteiger partial charge in [-0.25, -0.2) is 0 Å². The second-order valence-electron chi connectivity index (χ2n) is 20.7. The first-order valence-electron chi connectivity index (χ1n) is 30.0. The molecule has 0 aliphatic carbocycles. The standard InChI is InChI=1S/C60H117NO5/c1-3-5-7-9-11-13-15-17-18-19-20-21-22-23-24-25-26-29-32-36-40-44-48-52-58(63)57(56-62)61-59(64)53-49-45-41-37-33-30-27-31-35-39-43-47-51-55-66-60(65)54-50-46-42-38-34-28-16-14-12-10-8-6-4-2/h48,52,57-58,62-63H,3-47,49-51,53-56H2,1-2H3,(H,61,64)/b52-48+. The number of aliphatic hydroxyl groups excluding tert-OH is 2. The first kappa shape index (κ1) is 64.6. The van der Waals surface area contributed by atoms with Crippen LogP contribution in [0, 0.1) is 0 Å². The normalized spacial score (nSPS) is 12.6. The fourth-order valence-electron chi connectivity index (χ4n) is 9.46. The molecule has 0 saturated carbocycles. The SMILES string of the molecule is CCCCCCCCCCCCCCCCCCCCCCC/C=C/C(O)C(CO)NC(=O)CCCCCCCCCCCCCCCOC(=O)CCCCCCCCCCCCCCC. The summed E-state index contributed by atoms with van der Waals surface area (Å²) in [6.45, 7) is 4.90. The number of hydrogen-bond donors (Lipinski definition) is 3. The van der Waals surface area contributed by atoms with E-state index in [0.29, 0.717) is 19.4 Å². The maximum absolute atomic E-state index is 12.5. The van der Waals surface area contributed by atoms with E-state index in [-0.39, 0.29) is 18.5 Å². The molecule has 0 spiro atoms. The van der Waals surface area contributed by atoms with Crippen LogP contribution in [0.4, 0.5) is 0 Å². The second kappa shape index (κ2) is 56.2. The molecular weight excluding hydrogens is 815 g/mol. The van der Waals surface area contributed by atoms with Crippen molar-refractivity contribution >= 4 is 11.9 Å². The highest BCUT2D eigenvalue weighted by molar-refractivity contribution is 5.76.